The van der Waals surface area contributed by atoms with E-state index in [2.05, 4.69) is 34.5 Å². The SMILES string of the molecule is CC(=Cc1ccco1)CN(C)Cc1snnc1C. The molecule has 0 radical (unpaired) electrons. The molecule has 0 unspecified atom stereocenters. The van der Waals surface area contributed by atoms with Crippen molar-refractivity contribution in [1.29, 1.82) is 0 Å². The minimum absolute atomic E-state index is 0.882. The highest BCUT2D eigenvalue weighted by molar-refractivity contribution is 7.05. The van der Waals surface area contributed by atoms with Gasteiger partial charge in [0.1, 0.15) is 5.76 Å². The fraction of sp³-hybridized carbons (Fsp3) is 0.385. The summed E-state index contributed by atoms with van der Waals surface area (Å²) >= 11 is 1.47. The molecule has 2 rings (SSSR count). The molecule has 0 aliphatic carbocycles. The summed E-state index contributed by atoms with van der Waals surface area (Å²) in [6.07, 6.45) is 3.75. The molecule has 18 heavy (non-hydrogen) atoms. The fourth-order valence-corrected chi connectivity index (χ4v) is 2.50. The first-order valence-corrected chi connectivity index (χ1v) is 6.59. The molecule has 0 aliphatic rings. The second kappa shape index (κ2) is 5.93. The zero-order chi connectivity index (χ0) is 13.0. The summed E-state index contributed by atoms with van der Waals surface area (Å²) in [5.74, 6) is 0.900. The van der Waals surface area contributed by atoms with Crippen molar-refractivity contribution in [3.8, 4) is 0 Å². The highest BCUT2D eigenvalue weighted by Gasteiger charge is 2.07. The van der Waals surface area contributed by atoms with Crippen molar-refractivity contribution in [2.45, 2.75) is 20.4 Å². The van der Waals surface area contributed by atoms with Gasteiger partial charge in [-0.2, -0.15) is 0 Å². The van der Waals surface area contributed by atoms with Crippen LogP contribution < -0.4 is 0 Å². The highest BCUT2D eigenvalue weighted by atomic mass is 32.1. The Kier molecular flexibility index (Phi) is 4.28. The van der Waals surface area contributed by atoms with Crippen LogP contribution in [0.25, 0.3) is 6.08 Å². The molecule has 0 amide bonds. The van der Waals surface area contributed by atoms with Gasteiger partial charge in [0.25, 0.3) is 0 Å². The average molecular weight is 263 g/mol. The zero-order valence-corrected chi connectivity index (χ0v) is 11.7. The second-order valence-electron chi connectivity index (χ2n) is 4.46. The summed E-state index contributed by atoms with van der Waals surface area (Å²) in [7, 11) is 2.10. The Labute approximate surface area is 111 Å². The molecule has 2 aromatic heterocycles. The molecule has 5 heteroatoms. The molecule has 0 aliphatic heterocycles. The van der Waals surface area contributed by atoms with E-state index in [0.29, 0.717) is 0 Å². The Bertz CT molecular complexity index is 516. The number of nitrogens with zero attached hydrogens (tertiary/aromatic N) is 3. The summed E-state index contributed by atoms with van der Waals surface area (Å²) in [6, 6.07) is 3.86. The van der Waals surface area contributed by atoms with Gasteiger partial charge in [-0.25, -0.2) is 0 Å². The molecule has 0 saturated carbocycles. The van der Waals surface area contributed by atoms with E-state index in [1.165, 1.54) is 22.0 Å². The van der Waals surface area contributed by atoms with Crippen molar-refractivity contribution >= 4 is 17.6 Å². The fourth-order valence-electron chi connectivity index (χ4n) is 1.78. The Morgan fingerprint density at radius 3 is 3.00 bits per heavy atom. The van der Waals surface area contributed by atoms with Gasteiger partial charge in [-0.1, -0.05) is 10.1 Å². The van der Waals surface area contributed by atoms with Gasteiger partial charge < -0.3 is 4.42 Å². The Hall–Kier alpha value is -1.46. The summed E-state index contributed by atoms with van der Waals surface area (Å²) in [4.78, 5) is 3.47. The van der Waals surface area contributed by atoms with Gasteiger partial charge in [-0.05, 0) is 50.6 Å². The third-order valence-corrected chi connectivity index (χ3v) is 3.42. The van der Waals surface area contributed by atoms with Crippen LogP contribution in [0.3, 0.4) is 0 Å². The molecule has 0 N–H and O–H groups in total. The van der Waals surface area contributed by atoms with Gasteiger partial charge in [0.2, 0.25) is 0 Å². The van der Waals surface area contributed by atoms with Crippen LogP contribution in [0.5, 0.6) is 0 Å². The van der Waals surface area contributed by atoms with Crippen LogP contribution in [-0.4, -0.2) is 28.1 Å². The van der Waals surface area contributed by atoms with E-state index >= 15 is 0 Å². The van der Waals surface area contributed by atoms with E-state index in [1.54, 1.807) is 6.26 Å². The second-order valence-corrected chi connectivity index (χ2v) is 5.30. The van der Waals surface area contributed by atoms with Crippen molar-refractivity contribution in [2.24, 2.45) is 0 Å². The van der Waals surface area contributed by atoms with Crippen molar-refractivity contribution < 1.29 is 4.42 Å². The van der Waals surface area contributed by atoms with Crippen LogP contribution in [0, 0.1) is 6.92 Å². The lowest BCUT2D eigenvalue weighted by Crippen LogP contribution is -2.19. The monoisotopic (exact) mass is 263 g/mol. The predicted octanol–water partition coefficient (Wildman–Crippen LogP) is 2.97. The number of hydrogen-bond donors (Lipinski definition) is 0. The maximum absolute atomic E-state index is 5.30. The number of likely N-dealkylation sites (N-methyl/N-ethyl adjacent to an activating group) is 1. The number of aromatic nitrogens is 2. The smallest absolute Gasteiger partial charge is 0.126 e. The Morgan fingerprint density at radius 2 is 2.39 bits per heavy atom. The standard InChI is InChI=1S/C13H17N3OS/c1-10(7-12-5-4-6-17-12)8-16(3)9-13-11(2)14-15-18-13/h4-7H,8-9H2,1-3H3. The number of rotatable bonds is 5. The van der Waals surface area contributed by atoms with Gasteiger partial charge >= 0.3 is 0 Å². The molecule has 0 spiro atoms. The number of hydrogen-bond acceptors (Lipinski definition) is 5. The first kappa shape index (κ1) is 13.0. The quantitative estimate of drug-likeness (QED) is 0.831. The Morgan fingerprint density at radius 1 is 1.56 bits per heavy atom. The summed E-state index contributed by atoms with van der Waals surface area (Å²) < 4.78 is 9.25. The maximum atomic E-state index is 5.30. The lowest BCUT2D eigenvalue weighted by molar-refractivity contribution is 0.358. The van der Waals surface area contributed by atoms with Crippen LogP contribution in [-0.2, 0) is 6.54 Å². The van der Waals surface area contributed by atoms with Gasteiger partial charge in [0.05, 0.1) is 16.8 Å². The van der Waals surface area contributed by atoms with Gasteiger partial charge in [0, 0.05) is 13.1 Å². The number of aryl methyl sites for hydroxylation is 1. The molecular weight excluding hydrogens is 246 g/mol. The van der Waals surface area contributed by atoms with Crippen molar-refractivity contribution in [1.82, 2.24) is 14.5 Å². The molecule has 0 fully saturated rings. The molecule has 0 saturated heterocycles. The molecule has 4 nitrogen and oxygen atoms in total. The molecule has 2 heterocycles. The van der Waals surface area contributed by atoms with E-state index in [1.807, 2.05) is 19.1 Å². The largest absolute Gasteiger partial charge is 0.465 e. The van der Waals surface area contributed by atoms with Crippen molar-refractivity contribution in [2.75, 3.05) is 13.6 Å². The van der Waals surface area contributed by atoms with Crippen LogP contribution in [0.15, 0.2) is 28.4 Å². The minimum atomic E-state index is 0.882. The zero-order valence-electron chi connectivity index (χ0n) is 10.9. The van der Waals surface area contributed by atoms with E-state index in [9.17, 15) is 0 Å². The number of furan rings is 1. The normalized spacial score (nSPS) is 12.3. The molecule has 2 aromatic rings. The van der Waals surface area contributed by atoms with Gasteiger partial charge in [-0.15, -0.1) is 5.10 Å². The molecule has 0 aromatic carbocycles. The van der Waals surface area contributed by atoms with Crippen LogP contribution >= 0.6 is 11.5 Å². The van der Waals surface area contributed by atoms with E-state index in [0.717, 1.165) is 24.5 Å². The third kappa shape index (κ3) is 3.51. The van der Waals surface area contributed by atoms with Crippen LogP contribution in [0.2, 0.25) is 0 Å². The molecule has 0 atom stereocenters. The minimum Gasteiger partial charge on any atom is -0.465 e. The highest BCUT2D eigenvalue weighted by Crippen LogP contribution is 2.13. The first-order chi connectivity index (χ1) is 8.65. The van der Waals surface area contributed by atoms with Gasteiger partial charge in [-0.3, -0.25) is 4.90 Å². The lowest BCUT2D eigenvalue weighted by Gasteiger charge is -2.15. The average Bonchev–Trinajstić information content (AvgIpc) is 2.91. The van der Waals surface area contributed by atoms with Gasteiger partial charge in [0.15, 0.2) is 0 Å². The van der Waals surface area contributed by atoms with Crippen LogP contribution in [0.1, 0.15) is 23.3 Å². The summed E-state index contributed by atoms with van der Waals surface area (Å²) in [5, 5.41) is 4.02. The first-order valence-electron chi connectivity index (χ1n) is 5.82. The van der Waals surface area contributed by atoms with E-state index < -0.39 is 0 Å². The maximum Gasteiger partial charge on any atom is 0.126 e. The molecular formula is C13H17N3OS. The summed E-state index contributed by atoms with van der Waals surface area (Å²) in [5.41, 5.74) is 2.29. The van der Waals surface area contributed by atoms with Crippen molar-refractivity contribution in [3.63, 3.8) is 0 Å². The Balaban J connectivity index is 1.91. The van der Waals surface area contributed by atoms with Crippen LogP contribution in [0.4, 0.5) is 0 Å². The molecule has 96 valence electrons. The summed E-state index contributed by atoms with van der Waals surface area (Å²) in [6.45, 7) is 5.89. The van der Waals surface area contributed by atoms with E-state index in [-0.39, 0.29) is 0 Å². The topological polar surface area (TPSA) is 42.2 Å². The third-order valence-electron chi connectivity index (χ3n) is 2.61. The lowest BCUT2D eigenvalue weighted by atomic mass is 10.2. The van der Waals surface area contributed by atoms with Crippen molar-refractivity contribution in [3.05, 3.63) is 40.3 Å². The predicted molar refractivity (Wildman–Crippen MR) is 73.3 cm³/mol. The molecule has 0 bridgehead atoms. The van der Waals surface area contributed by atoms with E-state index in [4.69, 9.17) is 4.42 Å².